The minimum absolute atomic E-state index is 0.0378. The molecule has 1 N–H and O–H groups in total. The molecule has 0 unspecified atom stereocenters. The summed E-state index contributed by atoms with van der Waals surface area (Å²) in [5.74, 6) is -0.224. The van der Waals surface area contributed by atoms with Gasteiger partial charge in [0.25, 0.3) is 0 Å². The van der Waals surface area contributed by atoms with Gasteiger partial charge in [0.05, 0.1) is 5.69 Å². The topological polar surface area (TPSA) is 59.1 Å². The summed E-state index contributed by atoms with van der Waals surface area (Å²) >= 11 is 4.76. The maximum atomic E-state index is 12.0. The number of ketones is 1. The number of hydrogen-bond donors (Lipinski definition) is 1. The van der Waals surface area contributed by atoms with Gasteiger partial charge in [-0.25, -0.2) is 4.98 Å². The van der Waals surface area contributed by atoms with E-state index in [0.717, 1.165) is 15.0 Å². The van der Waals surface area contributed by atoms with E-state index in [0.29, 0.717) is 10.7 Å². The largest absolute Gasteiger partial charge is 0.302 e. The van der Waals surface area contributed by atoms with Gasteiger partial charge >= 0.3 is 0 Å². The first-order valence-corrected chi connectivity index (χ1v) is 8.09. The second-order valence-electron chi connectivity index (χ2n) is 4.64. The third kappa shape index (κ3) is 4.47. The van der Waals surface area contributed by atoms with Gasteiger partial charge < -0.3 is 5.32 Å². The second kappa shape index (κ2) is 6.95. The fourth-order valence-electron chi connectivity index (χ4n) is 1.72. The number of aromatic nitrogens is 1. The number of anilines is 1. The molecule has 0 fully saturated rings. The van der Waals surface area contributed by atoms with Crippen LogP contribution in [0.3, 0.4) is 0 Å². The van der Waals surface area contributed by atoms with E-state index in [1.807, 2.05) is 26.0 Å². The van der Waals surface area contributed by atoms with Gasteiger partial charge in [0.2, 0.25) is 5.91 Å². The molecule has 0 aliphatic rings. The van der Waals surface area contributed by atoms with Crippen molar-refractivity contribution in [2.45, 2.75) is 26.7 Å². The number of rotatable bonds is 5. The van der Waals surface area contributed by atoms with Crippen molar-refractivity contribution in [2.75, 3.05) is 5.32 Å². The Hall–Kier alpha value is -1.53. The second-order valence-corrected chi connectivity index (χ2v) is 6.76. The standard InChI is InChI=1S/C15H15BrN2O2S/c1-9-10(2)21-15(17-9)18-14(20)8-7-13(19)11-3-5-12(16)6-4-11/h3-6H,7-8H2,1-2H3,(H,17,18,20). The van der Waals surface area contributed by atoms with Gasteiger partial charge in [-0.15, -0.1) is 11.3 Å². The molecule has 2 rings (SSSR count). The van der Waals surface area contributed by atoms with Gasteiger partial charge in [-0.1, -0.05) is 28.1 Å². The van der Waals surface area contributed by atoms with Crippen molar-refractivity contribution in [2.24, 2.45) is 0 Å². The average Bonchev–Trinajstić information content (AvgIpc) is 2.75. The summed E-state index contributed by atoms with van der Waals surface area (Å²) < 4.78 is 0.923. The highest BCUT2D eigenvalue weighted by Crippen LogP contribution is 2.21. The maximum absolute atomic E-state index is 12.0. The van der Waals surface area contributed by atoms with Crippen LogP contribution in [0.5, 0.6) is 0 Å². The van der Waals surface area contributed by atoms with E-state index in [4.69, 9.17) is 0 Å². The van der Waals surface area contributed by atoms with Gasteiger partial charge in [0, 0.05) is 27.8 Å². The lowest BCUT2D eigenvalue weighted by atomic mass is 10.1. The smallest absolute Gasteiger partial charge is 0.226 e. The Morgan fingerprint density at radius 3 is 2.43 bits per heavy atom. The summed E-state index contributed by atoms with van der Waals surface area (Å²) in [6.45, 7) is 3.86. The van der Waals surface area contributed by atoms with Crippen molar-refractivity contribution in [1.82, 2.24) is 4.98 Å². The van der Waals surface area contributed by atoms with E-state index in [1.165, 1.54) is 11.3 Å². The van der Waals surface area contributed by atoms with Crippen LogP contribution in [0.15, 0.2) is 28.7 Å². The van der Waals surface area contributed by atoms with Crippen LogP contribution in [-0.4, -0.2) is 16.7 Å². The van der Waals surface area contributed by atoms with E-state index in [1.54, 1.807) is 12.1 Å². The van der Waals surface area contributed by atoms with Crippen LogP contribution in [0, 0.1) is 13.8 Å². The minimum Gasteiger partial charge on any atom is -0.302 e. The normalized spacial score (nSPS) is 10.4. The molecule has 0 saturated carbocycles. The Kier molecular flexibility index (Phi) is 5.25. The maximum Gasteiger partial charge on any atom is 0.226 e. The van der Waals surface area contributed by atoms with Gasteiger partial charge in [-0.05, 0) is 26.0 Å². The molecule has 4 nitrogen and oxygen atoms in total. The van der Waals surface area contributed by atoms with E-state index in [2.05, 4.69) is 26.2 Å². The Morgan fingerprint density at radius 1 is 1.19 bits per heavy atom. The molecule has 2 aromatic rings. The van der Waals surface area contributed by atoms with Crippen molar-refractivity contribution in [3.63, 3.8) is 0 Å². The molecule has 1 heterocycles. The number of aryl methyl sites for hydroxylation is 2. The number of thiazole rings is 1. The predicted octanol–water partition coefficient (Wildman–Crippen LogP) is 4.12. The number of nitrogens with zero attached hydrogens (tertiary/aromatic N) is 1. The number of halogens is 1. The molecule has 1 aromatic carbocycles. The molecule has 6 heteroatoms. The first-order valence-electron chi connectivity index (χ1n) is 6.48. The van der Waals surface area contributed by atoms with E-state index in [9.17, 15) is 9.59 Å². The molecule has 0 aliphatic heterocycles. The van der Waals surface area contributed by atoms with Crippen LogP contribution in [-0.2, 0) is 4.79 Å². The van der Waals surface area contributed by atoms with E-state index >= 15 is 0 Å². The Balaban J connectivity index is 1.86. The predicted molar refractivity (Wildman–Crippen MR) is 87.9 cm³/mol. The first-order chi connectivity index (χ1) is 9.95. The molecule has 0 aliphatic carbocycles. The number of Topliss-reactive ketones (excluding diaryl/α,β-unsaturated/α-hetero) is 1. The summed E-state index contributed by atoms with van der Waals surface area (Å²) in [6, 6.07) is 7.12. The summed E-state index contributed by atoms with van der Waals surface area (Å²) in [5, 5.41) is 3.32. The van der Waals surface area contributed by atoms with Crippen molar-refractivity contribution >= 4 is 44.1 Å². The number of benzene rings is 1. The Bertz CT molecular complexity index is 645. The molecule has 1 amide bonds. The first kappa shape index (κ1) is 15.9. The van der Waals surface area contributed by atoms with Crippen LogP contribution in [0.1, 0.15) is 33.8 Å². The molecule has 0 radical (unpaired) electrons. The number of nitrogens with one attached hydrogen (secondary N) is 1. The lowest BCUT2D eigenvalue weighted by molar-refractivity contribution is -0.116. The monoisotopic (exact) mass is 366 g/mol. The molecule has 1 aromatic heterocycles. The van der Waals surface area contributed by atoms with Crippen LogP contribution in [0.25, 0.3) is 0 Å². The molecule has 0 saturated heterocycles. The molecular formula is C15H15BrN2O2S. The molecule has 0 spiro atoms. The molecule has 0 atom stereocenters. The van der Waals surface area contributed by atoms with E-state index in [-0.39, 0.29) is 24.5 Å². The lowest BCUT2D eigenvalue weighted by Gasteiger charge is -2.02. The Morgan fingerprint density at radius 2 is 1.86 bits per heavy atom. The third-order valence-corrected chi connectivity index (χ3v) is 4.54. The SMILES string of the molecule is Cc1nc(NC(=O)CCC(=O)c2ccc(Br)cc2)sc1C. The summed E-state index contributed by atoms with van der Waals surface area (Å²) in [5.41, 5.74) is 1.54. The highest BCUT2D eigenvalue weighted by molar-refractivity contribution is 9.10. The fourth-order valence-corrected chi connectivity index (χ4v) is 2.81. The minimum atomic E-state index is -0.186. The molecule has 0 bridgehead atoms. The van der Waals surface area contributed by atoms with Gasteiger partial charge in [-0.3, -0.25) is 9.59 Å². The van der Waals surface area contributed by atoms with Gasteiger partial charge in [0.1, 0.15) is 0 Å². The van der Waals surface area contributed by atoms with Crippen LogP contribution >= 0.6 is 27.3 Å². The van der Waals surface area contributed by atoms with Crippen LogP contribution in [0.2, 0.25) is 0 Å². The van der Waals surface area contributed by atoms with Crippen molar-refractivity contribution < 1.29 is 9.59 Å². The number of carbonyl (C=O) groups is 2. The summed E-state index contributed by atoms with van der Waals surface area (Å²) in [6.07, 6.45) is 0.351. The third-order valence-electron chi connectivity index (χ3n) is 3.02. The highest BCUT2D eigenvalue weighted by atomic mass is 79.9. The van der Waals surface area contributed by atoms with Crippen LogP contribution in [0.4, 0.5) is 5.13 Å². The zero-order valence-electron chi connectivity index (χ0n) is 11.8. The lowest BCUT2D eigenvalue weighted by Crippen LogP contribution is -2.13. The molecule has 21 heavy (non-hydrogen) atoms. The van der Waals surface area contributed by atoms with E-state index < -0.39 is 0 Å². The van der Waals surface area contributed by atoms with Crippen molar-refractivity contribution in [3.8, 4) is 0 Å². The number of carbonyl (C=O) groups excluding carboxylic acids is 2. The molecular weight excluding hydrogens is 352 g/mol. The molecule has 110 valence electrons. The average molecular weight is 367 g/mol. The fraction of sp³-hybridized carbons (Fsp3) is 0.267. The van der Waals surface area contributed by atoms with Crippen molar-refractivity contribution in [3.05, 3.63) is 44.9 Å². The highest BCUT2D eigenvalue weighted by Gasteiger charge is 2.11. The Labute approximate surface area is 135 Å². The summed E-state index contributed by atoms with van der Waals surface area (Å²) in [7, 11) is 0. The van der Waals surface area contributed by atoms with Gasteiger partial charge in [0.15, 0.2) is 10.9 Å². The zero-order chi connectivity index (χ0) is 15.4. The van der Waals surface area contributed by atoms with Crippen LogP contribution < -0.4 is 5.32 Å². The quantitative estimate of drug-likeness (QED) is 0.809. The zero-order valence-corrected chi connectivity index (χ0v) is 14.2. The van der Waals surface area contributed by atoms with Crippen molar-refractivity contribution in [1.29, 1.82) is 0 Å². The summed E-state index contributed by atoms with van der Waals surface area (Å²) in [4.78, 5) is 29.1. The number of hydrogen-bond acceptors (Lipinski definition) is 4. The van der Waals surface area contributed by atoms with Gasteiger partial charge in [-0.2, -0.15) is 0 Å². The number of amides is 1.